The van der Waals surface area contributed by atoms with Crippen LogP contribution in [0.4, 0.5) is 10.8 Å². The number of thiophene rings is 1. The first kappa shape index (κ1) is 11.3. The molecule has 7 nitrogen and oxygen atoms in total. The van der Waals surface area contributed by atoms with Crippen molar-refractivity contribution in [2.75, 3.05) is 5.32 Å². The van der Waals surface area contributed by atoms with Gasteiger partial charge in [-0.05, 0) is 13.0 Å². The second-order valence-electron chi connectivity index (χ2n) is 3.17. The topological polar surface area (TPSA) is 98.3 Å². The summed E-state index contributed by atoms with van der Waals surface area (Å²) in [6.07, 6.45) is 0. The van der Waals surface area contributed by atoms with E-state index in [1.54, 1.807) is 13.0 Å². The van der Waals surface area contributed by atoms with E-state index in [0.717, 1.165) is 11.3 Å². The van der Waals surface area contributed by atoms with E-state index in [9.17, 15) is 14.9 Å². The lowest BCUT2D eigenvalue weighted by Crippen LogP contribution is -2.10. The molecule has 1 N–H and O–H groups in total. The standard InChI is InChI=1S/C9H7N3O4S/c1-5-4-7(11-16-5)10-9(13)6-2-3-8(17-6)12(14)15/h2-4H,1H3,(H,10,11,13). The van der Waals surface area contributed by atoms with E-state index in [1.807, 2.05) is 0 Å². The van der Waals surface area contributed by atoms with Crippen LogP contribution in [-0.2, 0) is 0 Å². The molecule has 0 aromatic carbocycles. The molecule has 1 amide bonds. The van der Waals surface area contributed by atoms with E-state index in [0.29, 0.717) is 5.76 Å². The molecule has 0 atom stereocenters. The van der Waals surface area contributed by atoms with Gasteiger partial charge in [-0.2, -0.15) is 0 Å². The molecule has 0 saturated heterocycles. The molecule has 0 fully saturated rings. The maximum absolute atomic E-state index is 11.7. The molecule has 88 valence electrons. The number of amides is 1. The number of rotatable bonds is 3. The molecule has 0 aliphatic rings. The summed E-state index contributed by atoms with van der Waals surface area (Å²) in [6.45, 7) is 1.69. The third-order valence-electron chi connectivity index (χ3n) is 1.87. The Balaban J connectivity index is 2.11. The van der Waals surface area contributed by atoms with E-state index < -0.39 is 10.8 Å². The van der Waals surface area contributed by atoms with Crippen LogP contribution >= 0.6 is 11.3 Å². The second-order valence-corrected chi connectivity index (χ2v) is 4.23. The van der Waals surface area contributed by atoms with Gasteiger partial charge in [0.1, 0.15) is 5.76 Å². The van der Waals surface area contributed by atoms with Gasteiger partial charge in [0, 0.05) is 12.1 Å². The molecule has 17 heavy (non-hydrogen) atoms. The van der Waals surface area contributed by atoms with Gasteiger partial charge in [0.05, 0.1) is 9.80 Å². The summed E-state index contributed by atoms with van der Waals surface area (Å²) >= 11 is 0.806. The van der Waals surface area contributed by atoms with Crippen LogP contribution in [0.3, 0.4) is 0 Å². The molecule has 0 spiro atoms. The molecular weight excluding hydrogens is 246 g/mol. The van der Waals surface area contributed by atoms with Gasteiger partial charge in [0.15, 0.2) is 5.82 Å². The van der Waals surface area contributed by atoms with E-state index in [1.165, 1.54) is 12.1 Å². The highest BCUT2D eigenvalue weighted by Crippen LogP contribution is 2.24. The van der Waals surface area contributed by atoms with E-state index in [-0.39, 0.29) is 15.7 Å². The quantitative estimate of drug-likeness (QED) is 0.667. The normalized spacial score (nSPS) is 10.2. The van der Waals surface area contributed by atoms with Crippen LogP contribution in [-0.4, -0.2) is 16.0 Å². The minimum Gasteiger partial charge on any atom is -0.360 e. The Morgan fingerprint density at radius 3 is 2.88 bits per heavy atom. The lowest BCUT2D eigenvalue weighted by Gasteiger charge is -1.95. The van der Waals surface area contributed by atoms with Gasteiger partial charge in [-0.1, -0.05) is 16.5 Å². The number of hydrogen-bond acceptors (Lipinski definition) is 6. The summed E-state index contributed by atoms with van der Waals surface area (Å²) < 4.78 is 4.78. The van der Waals surface area contributed by atoms with Gasteiger partial charge in [-0.25, -0.2) is 0 Å². The first-order valence-electron chi connectivity index (χ1n) is 4.55. The SMILES string of the molecule is Cc1cc(NC(=O)c2ccc([N+](=O)[O-])s2)no1. The Morgan fingerprint density at radius 2 is 2.35 bits per heavy atom. The summed E-state index contributed by atoms with van der Waals surface area (Å²) in [5, 5.41) is 16.4. The van der Waals surface area contributed by atoms with Crippen molar-refractivity contribution in [2.45, 2.75) is 6.92 Å². The Labute approximate surface area is 99.2 Å². The highest BCUT2D eigenvalue weighted by atomic mass is 32.1. The number of anilines is 1. The van der Waals surface area contributed by atoms with Crippen LogP contribution < -0.4 is 5.32 Å². The largest absolute Gasteiger partial charge is 0.360 e. The molecule has 2 aromatic rings. The maximum Gasteiger partial charge on any atom is 0.324 e. The number of nitro groups is 1. The summed E-state index contributed by atoms with van der Waals surface area (Å²) in [6, 6.07) is 4.23. The zero-order chi connectivity index (χ0) is 12.4. The average Bonchev–Trinajstić information content (AvgIpc) is 2.86. The molecule has 2 rings (SSSR count). The third kappa shape index (κ3) is 2.48. The summed E-state index contributed by atoms with van der Waals surface area (Å²) in [5.74, 6) is 0.400. The van der Waals surface area contributed by atoms with Crippen LogP contribution in [0.5, 0.6) is 0 Å². The van der Waals surface area contributed by atoms with Crippen molar-refractivity contribution in [3.05, 3.63) is 39.0 Å². The van der Waals surface area contributed by atoms with Crippen molar-refractivity contribution in [1.82, 2.24) is 5.16 Å². The van der Waals surface area contributed by atoms with Crippen LogP contribution in [0.25, 0.3) is 0 Å². The lowest BCUT2D eigenvalue weighted by molar-refractivity contribution is -0.380. The number of carbonyl (C=O) groups is 1. The highest BCUT2D eigenvalue weighted by molar-refractivity contribution is 7.17. The first-order chi connectivity index (χ1) is 8.06. The van der Waals surface area contributed by atoms with E-state index >= 15 is 0 Å². The minimum absolute atomic E-state index is 0.0773. The van der Waals surface area contributed by atoms with Gasteiger partial charge in [-0.15, -0.1) is 0 Å². The van der Waals surface area contributed by atoms with Crippen molar-refractivity contribution in [1.29, 1.82) is 0 Å². The van der Waals surface area contributed by atoms with Gasteiger partial charge >= 0.3 is 5.00 Å². The van der Waals surface area contributed by atoms with Gasteiger partial charge in [-0.3, -0.25) is 14.9 Å². The van der Waals surface area contributed by atoms with Gasteiger partial charge in [0.2, 0.25) is 0 Å². The monoisotopic (exact) mass is 253 g/mol. The fourth-order valence-electron chi connectivity index (χ4n) is 1.15. The Hall–Kier alpha value is -2.22. The first-order valence-corrected chi connectivity index (χ1v) is 5.37. The summed E-state index contributed by atoms with van der Waals surface area (Å²) in [5.41, 5.74) is 0. The van der Waals surface area contributed by atoms with E-state index in [2.05, 4.69) is 10.5 Å². The molecule has 0 unspecified atom stereocenters. The molecule has 0 saturated carbocycles. The molecule has 2 heterocycles. The molecule has 0 aliphatic carbocycles. The Kier molecular flexibility index (Phi) is 2.88. The molecular formula is C9H7N3O4S. The highest BCUT2D eigenvalue weighted by Gasteiger charge is 2.16. The second kappa shape index (κ2) is 4.34. The maximum atomic E-state index is 11.7. The zero-order valence-electron chi connectivity index (χ0n) is 8.67. The molecule has 0 radical (unpaired) electrons. The van der Waals surface area contributed by atoms with Crippen molar-refractivity contribution in [2.24, 2.45) is 0 Å². The molecule has 0 aliphatic heterocycles. The number of aromatic nitrogens is 1. The van der Waals surface area contributed by atoms with Crippen molar-refractivity contribution < 1.29 is 14.2 Å². The third-order valence-corrected chi connectivity index (χ3v) is 2.90. The Bertz CT molecular complexity index is 574. The number of aryl methyl sites for hydroxylation is 1. The predicted molar refractivity (Wildman–Crippen MR) is 60.2 cm³/mol. The molecule has 0 bridgehead atoms. The Morgan fingerprint density at radius 1 is 1.59 bits per heavy atom. The molecule has 8 heteroatoms. The van der Waals surface area contributed by atoms with Crippen LogP contribution in [0, 0.1) is 17.0 Å². The fourth-order valence-corrected chi connectivity index (χ4v) is 1.87. The number of hydrogen-bond donors (Lipinski definition) is 1. The summed E-state index contributed by atoms with van der Waals surface area (Å²) in [7, 11) is 0. The van der Waals surface area contributed by atoms with Crippen LogP contribution in [0.15, 0.2) is 22.7 Å². The van der Waals surface area contributed by atoms with Crippen molar-refractivity contribution >= 4 is 28.1 Å². The average molecular weight is 253 g/mol. The van der Waals surface area contributed by atoms with Crippen molar-refractivity contribution in [3.63, 3.8) is 0 Å². The van der Waals surface area contributed by atoms with E-state index in [4.69, 9.17) is 4.52 Å². The van der Waals surface area contributed by atoms with Crippen molar-refractivity contribution in [3.8, 4) is 0 Å². The number of carbonyl (C=O) groups excluding carboxylic acids is 1. The predicted octanol–water partition coefficient (Wildman–Crippen LogP) is 2.21. The minimum atomic E-state index is -0.540. The lowest BCUT2D eigenvalue weighted by atomic mass is 10.4. The summed E-state index contributed by atoms with van der Waals surface area (Å²) in [4.78, 5) is 21.8. The zero-order valence-corrected chi connectivity index (χ0v) is 9.48. The van der Waals surface area contributed by atoms with Gasteiger partial charge in [0.25, 0.3) is 5.91 Å². The fraction of sp³-hybridized carbons (Fsp3) is 0.111. The van der Waals surface area contributed by atoms with Crippen LogP contribution in [0.1, 0.15) is 15.4 Å². The number of nitrogens with one attached hydrogen (secondary N) is 1. The molecule has 2 aromatic heterocycles. The van der Waals surface area contributed by atoms with Crippen LogP contribution in [0.2, 0.25) is 0 Å². The number of nitrogens with zero attached hydrogens (tertiary/aromatic N) is 2. The van der Waals surface area contributed by atoms with Gasteiger partial charge < -0.3 is 9.84 Å². The smallest absolute Gasteiger partial charge is 0.324 e.